The van der Waals surface area contributed by atoms with Crippen LogP contribution in [0.3, 0.4) is 0 Å². The summed E-state index contributed by atoms with van der Waals surface area (Å²) in [4.78, 5) is 1.35. The lowest BCUT2D eigenvalue weighted by Crippen LogP contribution is -2.17. The van der Waals surface area contributed by atoms with E-state index in [2.05, 4.69) is 14.9 Å². The fraction of sp³-hybridized carbons (Fsp3) is 0.263. The predicted octanol–water partition coefficient (Wildman–Crippen LogP) is 5.03. The van der Waals surface area contributed by atoms with Crippen LogP contribution in [0, 0.1) is 34.6 Å². The third-order valence-electron chi connectivity index (χ3n) is 4.85. The zero-order chi connectivity index (χ0) is 19.8. The van der Waals surface area contributed by atoms with Crippen LogP contribution in [0.1, 0.15) is 27.8 Å². The summed E-state index contributed by atoms with van der Waals surface area (Å²) in [6.45, 7) is 9.70. The molecule has 0 amide bonds. The molecule has 1 aromatic heterocycles. The molecule has 0 unspecified atom stereocenters. The van der Waals surface area contributed by atoms with Crippen molar-refractivity contribution >= 4 is 38.8 Å². The molecule has 3 rings (SSSR count). The van der Waals surface area contributed by atoms with Crippen molar-refractivity contribution in [1.82, 2.24) is 10.2 Å². The standard InChI is InChI=1S/C19H21N3O2S3/c1-11-12(2)14(4)18(15(5)13(11)3)27(23,24)22-16-6-8-17(9-7-16)26-19-21-20-10-25-19/h6-10,22H,1-5H3. The Morgan fingerprint density at radius 2 is 1.44 bits per heavy atom. The van der Waals surface area contributed by atoms with Crippen molar-refractivity contribution in [1.29, 1.82) is 0 Å². The summed E-state index contributed by atoms with van der Waals surface area (Å²) in [7, 11) is -3.68. The van der Waals surface area contributed by atoms with Crippen molar-refractivity contribution in [2.24, 2.45) is 0 Å². The minimum Gasteiger partial charge on any atom is -0.280 e. The Balaban J connectivity index is 1.89. The molecule has 0 aliphatic carbocycles. The summed E-state index contributed by atoms with van der Waals surface area (Å²) in [5, 5.41) is 7.81. The lowest BCUT2D eigenvalue weighted by molar-refractivity contribution is 0.599. The van der Waals surface area contributed by atoms with E-state index in [0.29, 0.717) is 10.6 Å². The second kappa shape index (κ2) is 7.61. The van der Waals surface area contributed by atoms with Crippen LogP contribution in [0.2, 0.25) is 0 Å². The van der Waals surface area contributed by atoms with E-state index in [-0.39, 0.29) is 0 Å². The molecule has 142 valence electrons. The van der Waals surface area contributed by atoms with Crippen LogP contribution < -0.4 is 4.72 Å². The first-order valence-corrected chi connectivity index (χ1v) is 11.5. The smallest absolute Gasteiger partial charge is 0.262 e. The van der Waals surface area contributed by atoms with Crippen molar-refractivity contribution in [3.05, 3.63) is 57.6 Å². The molecule has 0 aliphatic heterocycles. The van der Waals surface area contributed by atoms with E-state index in [1.807, 2.05) is 46.8 Å². The van der Waals surface area contributed by atoms with Crippen LogP contribution in [-0.4, -0.2) is 18.6 Å². The molecule has 8 heteroatoms. The van der Waals surface area contributed by atoms with Gasteiger partial charge in [0.25, 0.3) is 10.0 Å². The van der Waals surface area contributed by atoms with Crippen LogP contribution in [0.4, 0.5) is 5.69 Å². The van der Waals surface area contributed by atoms with Gasteiger partial charge in [-0.3, -0.25) is 4.72 Å². The van der Waals surface area contributed by atoms with Crippen molar-refractivity contribution in [3.8, 4) is 0 Å². The highest BCUT2D eigenvalue weighted by Gasteiger charge is 2.23. The number of hydrogen-bond donors (Lipinski definition) is 1. The van der Waals surface area contributed by atoms with Crippen LogP contribution in [-0.2, 0) is 10.0 Å². The lowest BCUT2D eigenvalue weighted by Gasteiger charge is -2.19. The Hall–Kier alpha value is -1.90. The normalized spacial score (nSPS) is 11.6. The molecule has 2 aromatic carbocycles. The quantitative estimate of drug-likeness (QED) is 0.628. The van der Waals surface area contributed by atoms with Gasteiger partial charge >= 0.3 is 0 Å². The number of nitrogens with zero attached hydrogens (tertiary/aromatic N) is 2. The Labute approximate surface area is 168 Å². The Bertz CT molecular complexity index is 1050. The van der Waals surface area contributed by atoms with Crippen LogP contribution in [0.25, 0.3) is 0 Å². The summed E-state index contributed by atoms with van der Waals surface area (Å²) < 4.78 is 29.7. The van der Waals surface area contributed by atoms with Gasteiger partial charge in [-0.1, -0.05) is 23.1 Å². The Kier molecular flexibility index (Phi) is 5.60. The molecule has 27 heavy (non-hydrogen) atoms. The summed E-state index contributed by atoms with van der Waals surface area (Å²) in [5.41, 5.74) is 6.98. The monoisotopic (exact) mass is 419 g/mol. The molecule has 1 N–H and O–H groups in total. The lowest BCUT2D eigenvalue weighted by atomic mass is 9.95. The molecule has 5 nitrogen and oxygen atoms in total. The molecule has 0 spiro atoms. The van der Waals surface area contributed by atoms with Gasteiger partial charge in [0.2, 0.25) is 0 Å². The van der Waals surface area contributed by atoms with Crippen molar-refractivity contribution in [2.75, 3.05) is 4.72 Å². The van der Waals surface area contributed by atoms with Gasteiger partial charge in [0.05, 0.1) is 4.90 Å². The molecule has 3 aromatic rings. The second-order valence-electron chi connectivity index (χ2n) is 6.39. The van der Waals surface area contributed by atoms with E-state index < -0.39 is 10.0 Å². The van der Waals surface area contributed by atoms with E-state index in [4.69, 9.17) is 0 Å². The fourth-order valence-corrected chi connectivity index (χ4v) is 6.09. The Morgan fingerprint density at radius 3 is 1.96 bits per heavy atom. The predicted molar refractivity (Wildman–Crippen MR) is 111 cm³/mol. The van der Waals surface area contributed by atoms with Gasteiger partial charge < -0.3 is 0 Å². The maximum Gasteiger partial charge on any atom is 0.262 e. The maximum absolute atomic E-state index is 13.1. The Morgan fingerprint density at radius 1 is 0.889 bits per heavy atom. The molecular weight excluding hydrogens is 398 g/mol. The third-order valence-corrected chi connectivity index (χ3v) is 8.29. The molecule has 0 saturated carbocycles. The van der Waals surface area contributed by atoms with Crippen molar-refractivity contribution in [3.63, 3.8) is 0 Å². The molecule has 1 heterocycles. The molecule has 0 fully saturated rings. The van der Waals surface area contributed by atoms with Crippen molar-refractivity contribution in [2.45, 2.75) is 48.7 Å². The maximum atomic E-state index is 13.1. The van der Waals surface area contributed by atoms with Gasteiger partial charge in [-0.25, -0.2) is 8.42 Å². The van der Waals surface area contributed by atoms with E-state index in [0.717, 1.165) is 37.1 Å². The van der Waals surface area contributed by atoms with Crippen LogP contribution in [0.15, 0.2) is 43.9 Å². The summed E-state index contributed by atoms with van der Waals surface area (Å²) in [6, 6.07) is 7.27. The minimum absolute atomic E-state index is 0.371. The zero-order valence-electron chi connectivity index (χ0n) is 15.8. The van der Waals surface area contributed by atoms with Gasteiger partial charge in [0.15, 0.2) is 4.34 Å². The molecule has 0 aliphatic rings. The van der Waals surface area contributed by atoms with E-state index >= 15 is 0 Å². The van der Waals surface area contributed by atoms with Gasteiger partial charge in [-0.2, -0.15) is 0 Å². The third kappa shape index (κ3) is 4.02. The van der Waals surface area contributed by atoms with Gasteiger partial charge in [-0.05, 0) is 86.7 Å². The number of anilines is 1. The first-order valence-electron chi connectivity index (χ1n) is 8.34. The number of sulfonamides is 1. The van der Waals surface area contributed by atoms with Crippen LogP contribution >= 0.6 is 23.1 Å². The van der Waals surface area contributed by atoms with E-state index in [9.17, 15) is 8.42 Å². The average molecular weight is 420 g/mol. The van der Waals surface area contributed by atoms with E-state index in [1.165, 1.54) is 23.1 Å². The molecule has 0 radical (unpaired) electrons. The number of benzene rings is 2. The number of nitrogens with one attached hydrogen (secondary N) is 1. The number of hydrogen-bond acceptors (Lipinski definition) is 6. The second-order valence-corrected chi connectivity index (χ2v) is 10.2. The summed E-state index contributed by atoms with van der Waals surface area (Å²) in [5.74, 6) is 0. The van der Waals surface area contributed by atoms with E-state index in [1.54, 1.807) is 17.6 Å². The first-order chi connectivity index (χ1) is 12.7. The SMILES string of the molecule is Cc1c(C)c(C)c(S(=O)(=O)Nc2ccc(Sc3nncs3)cc2)c(C)c1C. The highest BCUT2D eigenvalue weighted by molar-refractivity contribution is 8.01. The van der Waals surface area contributed by atoms with Crippen LogP contribution in [0.5, 0.6) is 0 Å². The largest absolute Gasteiger partial charge is 0.280 e. The molecule has 0 bridgehead atoms. The van der Waals surface area contributed by atoms with Crippen molar-refractivity contribution < 1.29 is 8.42 Å². The van der Waals surface area contributed by atoms with Gasteiger partial charge in [0.1, 0.15) is 5.51 Å². The molecule has 0 saturated heterocycles. The highest BCUT2D eigenvalue weighted by Crippen LogP contribution is 2.32. The molecular formula is C19H21N3O2S3. The zero-order valence-corrected chi connectivity index (χ0v) is 18.3. The average Bonchev–Trinajstić information content (AvgIpc) is 3.12. The summed E-state index contributed by atoms with van der Waals surface area (Å²) >= 11 is 2.96. The molecule has 0 atom stereocenters. The number of rotatable bonds is 5. The minimum atomic E-state index is -3.68. The first kappa shape index (κ1) is 19.9. The topological polar surface area (TPSA) is 72.0 Å². The van der Waals surface area contributed by atoms with Gasteiger partial charge in [-0.15, -0.1) is 10.2 Å². The number of aromatic nitrogens is 2. The summed E-state index contributed by atoms with van der Waals surface area (Å²) in [6.07, 6.45) is 0. The fourth-order valence-electron chi connectivity index (χ4n) is 2.97. The van der Waals surface area contributed by atoms with Gasteiger partial charge in [0, 0.05) is 10.6 Å². The highest BCUT2D eigenvalue weighted by atomic mass is 32.2.